The molecule has 0 aromatic heterocycles. The van der Waals surface area contributed by atoms with Crippen LogP contribution in [0.1, 0.15) is 18.9 Å². The third-order valence-electron chi connectivity index (χ3n) is 3.50. The lowest BCUT2D eigenvalue weighted by Gasteiger charge is -2.14. The predicted octanol–water partition coefficient (Wildman–Crippen LogP) is 3.13. The van der Waals surface area contributed by atoms with Gasteiger partial charge in [-0.1, -0.05) is 30.3 Å². The summed E-state index contributed by atoms with van der Waals surface area (Å²) in [6.45, 7) is 1.79. The molecule has 124 valence electrons. The molecule has 0 aliphatic carbocycles. The number of hydrogen-bond acceptors (Lipinski definition) is 3. The van der Waals surface area contributed by atoms with Gasteiger partial charge in [0.2, 0.25) is 10.0 Å². The van der Waals surface area contributed by atoms with Gasteiger partial charge in [0.25, 0.3) is 0 Å². The number of benzene rings is 2. The van der Waals surface area contributed by atoms with E-state index in [-0.39, 0.29) is 16.7 Å². The van der Waals surface area contributed by atoms with Gasteiger partial charge in [0.05, 0.1) is 12.0 Å². The van der Waals surface area contributed by atoms with Crippen LogP contribution in [0.3, 0.4) is 0 Å². The first-order valence-corrected chi connectivity index (χ1v) is 8.80. The highest BCUT2D eigenvalue weighted by Crippen LogP contribution is 2.21. The third-order valence-corrected chi connectivity index (χ3v) is 5.09. The molecule has 23 heavy (non-hydrogen) atoms. The molecule has 6 heteroatoms. The van der Waals surface area contributed by atoms with Gasteiger partial charge in [-0.05, 0) is 43.5 Å². The number of nitrogens with one attached hydrogen (secondary N) is 1. The molecule has 4 nitrogen and oxygen atoms in total. The molecule has 2 rings (SSSR count). The van der Waals surface area contributed by atoms with Crippen molar-refractivity contribution in [2.75, 3.05) is 7.11 Å². The van der Waals surface area contributed by atoms with Crippen LogP contribution in [0.2, 0.25) is 0 Å². The largest absolute Gasteiger partial charge is 0.494 e. The van der Waals surface area contributed by atoms with Crippen molar-refractivity contribution in [3.05, 3.63) is 59.9 Å². The van der Waals surface area contributed by atoms with Crippen molar-refractivity contribution in [2.24, 2.45) is 0 Å². The summed E-state index contributed by atoms with van der Waals surface area (Å²) in [6.07, 6.45) is 1.42. The van der Waals surface area contributed by atoms with E-state index in [0.29, 0.717) is 6.42 Å². The second-order valence-electron chi connectivity index (χ2n) is 5.34. The number of sulfonamides is 1. The van der Waals surface area contributed by atoms with Crippen LogP contribution in [-0.2, 0) is 16.4 Å². The van der Waals surface area contributed by atoms with Gasteiger partial charge in [0.1, 0.15) is 0 Å². The highest BCUT2D eigenvalue weighted by molar-refractivity contribution is 7.89. The Hall–Kier alpha value is -1.92. The summed E-state index contributed by atoms with van der Waals surface area (Å²) in [5, 5.41) is 0. The van der Waals surface area contributed by atoms with Crippen molar-refractivity contribution in [1.82, 2.24) is 4.72 Å². The summed E-state index contributed by atoms with van der Waals surface area (Å²) in [4.78, 5) is -0.109. The Morgan fingerprint density at radius 2 is 1.87 bits per heavy atom. The number of ether oxygens (including phenoxy) is 1. The van der Waals surface area contributed by atoms with Crippen molar-refractivity contribution in [3.63, 3.8) is 0 Å². The predicted molar refractivity (Wildman–Crippen MR) is 87.5 cm³/mol. The second kappa shape index (κ2) is 7.57. The molecular formula is C17H20FNO3S. The van der Waals surface area contributed by atoms with Crippen LogP contribution in [0.5, 0.6) is 5.75 Å². The van der Waals surface area contributed by atoms with Crippen LogP contribution < -0.4 is 9.46 Å². The van der Waals surface area contributed by atoms with Crippen molar-refractivity contribution < 1.29 is 17.5 Å². The third kappa shape index (κ3) is 4.77. The van der Waals surface area contributed by atoms with Crippen LogP contribution in [0.4, 0.5) is 4.39 Å². The van der Waals surface area contributed by atoms with Crippen LogP contribution in [0, 0.1) is 5.82 Å². The molecule has 0 bridgehead atoms. The Morgan fingerprint density at radius 3 is 2.48 bits per heavy atom. The highest BCUT2D eigenvalue weighted by atomic mass is 32.2. The molecule has 1 atom stereocenters. The Morgan fingerprint density at radius 1 is 1.17 bits per heavy atom. The average Bonchev–Trinajstić information content (AvgIpc) is 2.53. The van der Waals surface area contributed by atoms with E-state index in [1.165, 1.54) is 19.2 Å². The zero-order valence-corrected chi connectivity index (χ0v) is 13.9. The van der Waals surface area contributed by atoms with Crippen LogP contribution in [0.25, 0.3) is 0 Å². The van der Waals surface area contributed by atoms with E-state index >= 15 is 0 Å². The summed E-state index contributed by atoms with van der Waals surface area (Å²) in [5.41, 5.74) is 1.15. The molecule has 0 fully saturated rings. The van der Waals surface area contributed by atoms with Crippen LogP contribution in [-0.4, -0.2) is 21.6 Å². The van der Waals surface area contributed by atoms with Gasteiger partial charge in [-0.15, -0.1) is 0 Å². The molecule has 0 heterocycles. The molecule has 0 saturated heterocycles. The van der Waals surface area contributed by atoms with E-state index in [4.69, 9.17) is 4.74 Å². The summed E-state index contributed by atoms with van der Waals surface area (Å²) in [6, 6.07) is 13.2. The maximum Gasteiger partial charge on any atom is 0.240 e. The topological polar surface area (TPSA) is 55.4 Å². The first-order valence-electron chi connectivity index (χ1n) is 7.32. The summed E-state index contributed by atoms with van der Waals surface area (Å²) < 4.78 is 45.6. The van der Waals surface area contributed by atoms with Gasteiger partial charge in [0.15, 0.2) is 11.6 Å². The number of aryl methyl sites for hydroxylation is 1. The van der Waals surface area contributed by atoms with Crippen LogP contribution in [0.15, 0.2) is 53.4 Å². The Kier molecular flexibility index (Phi) is 5.74. The maximum absolute atomic E-state index is 13.7. The minimum atomic E-state index is -3.76. The molecule has 0 unspecified atom stereocenters. The van der Waals surface area contributed by atoms with E-state index in [9.17, 15) is 12.8 Å². The van der Waals surface area contributed by atoms with Crippen LogP contribution >= 0.6 is 0 Å². The molecule has 0 radical (unpaired) electrons. The summed E-state index contributed by atoms with van der Waals surface area (Å²) in [7, 11) is -2.43. The normalized spacial score (nSPS) is 12.8. The van der Waals surface area contributed by atoms with E-state index in [1.54, 1.807) is 6.92 Å². The zero-order valence-electron chi connectivity index (χ0n) is 13.1. The quantitative estimate of drug-likeness (QED) is 0.844. The number of rotatable bonds is 7. The van der Waals surface area contributed by atoms with E-state index in [1.807, 2.05) is 30.3 Å². The zero-order chi connectivity index (χ0) is 16.9. The summed E-state index contributed by atoms with van der Waals surface area (Å²) >= 11 is 0. The minimum Gasteiger partial charge on any atom is -0.494 e. The Labute approximate surface area is 136 Å². The molecule has 0 spiro atoms. The molecule has 0 aliphatic heterocycles. The van der Waals surface area contributed by atoms with Gasteiger partial charge < -0.3 is 4.74 Å². The number of hydrogen-bond donors (Lipinski definition) is 1. The fourth-order valence-electron chi connectivity index (χ4n) is 2.23. The Balaban J connectivity index is 2.01. The lowest BCUT2D eigenvalue weighted by molar-refractivity contribution is 0.385. The van der Waals surface area contributed by atoms with Gasteiger partial charge in [-0.2, -0.15) is 0 Å². The molecule has 1 N–H and O–H groups in total. The highest BCUT2D eigenvalue weighted by Gasteiger charge is 2.19. The van der Waals surface area contributed by atoms with Gasteiger partial charge in [-0.25, -0.2) is 17.5 Å². The van der Waals surface area contributed by atoms with Crippen molar-refractivity contribution >= 4 is 10.0 Å². The Bertz CT molecular complexity index is 748. The second-order valence-corrected chi connectivity index (χ2v) is 7.06. The smallest absolute Gasteiger partial charge is 0.240 e. The maximum atomic E-state index is 13.7. The van der Waals surface area contributed by atoms with Gasteiger partial charge in [0, 0.05) is 6.04 Å². The fourth-order valence-corrected chi connectivity index (χ4v) is 3.52. The molecule has 0 aliphatic rings. The van der Waals surface area contributed by atoms with Crippen molar-refractivity contribution in [2.45, 2.75) is 30.7 Å². The standard InChI is InChI=1S/C17H20FNO3S/c1-13(8-9-14-6-4-3-5-7-14)19-23(20,21)15-10-11-17(22-2)16(18)12-15/h3-7,10-13,19H,8-9H2,1-2H3/t13-/m1/s1. The number of halogens is 1. The van der Waals surface area contributed by atoms with E-state index < -0.39 is 15.8 Å². The van der Waals surface area contributed by atoms with Gasteiger partial charge in [-0.3, -0.25) is 0 Å². The first-order chi connectivity index (χ1) is 10.9. The van der Waals surface area contributed by atoms with Crippen molar-refractivity contribution in [1.29, 1.82) is 0 Å². The van der Waals surface area contributed by atoms with Gasteiger partial charge >= 0.3 is 0 Å². The molecule has 0 saturated carbocycles. The average molecular weight is 337 g/mol. The van der Waals surface area contributed by atoms with E-state index in [0.717, 1.165) is 18.1 Å². The molecule has 2 aromatic rings. The van der Waals surface area contributed by atoms with Crippen molar-refractivity contribution in [3.8, 4) is 5.75 Å². The first kappa shape index (κ1) is 17.4. The minimum absolute atomic E-state index is 0.0149. The summed E-state index contributed by atoms with van der Waals surface area (Å²) in [5.74, 6) is -0.687. The fraction of sp³-hybridized carbons (Fsp3) is 0.294. The SMILES string of the molecule is COc1ccc(S(=O)(=O)N[C@H](C)CCc2ccccc2)cc1F. The molecule has 2 aromatic carbocycles. The molecular weight excluding hydrogens is 317 g/mol. The lowest BCUT2D eigenvalue weighted by atomic mass is 10.1. The lowest BCUT2D eigenvalue weighted by Crippen LogP contribution is -2.33. The molecule has 0 amide bonds. The number of methoxy groups -OCH3 is 1. The monoisotopic (exact) mass is 337 g/mol. The van der Waals surface area contributed by atoms with E-state index in [2.05, 4.69) is 4.72 Å².